The molecule has 1 fully saturated rings. The molecule has 2 N–H and O–H groups in total. The van der Waals surface area contributed by atoms with Gasteiger partial charge in [-0.3, -0.25) is 14.3 Å². The normalized spacial score (nSPS) is 18.9. The number of aromatic nitrogens is 4. The van der Waals surface area contributed by atoms with Crippen molar-refractivity contribution in [2.24, 2.45) is 11.8 Å². The molecule has 0 bridgehead atoms. The van der Waals surface area contributed by atoms with Gasteiger partial charge in [0.25, 0.3) is 5.91 Å². The summed E-state index contributed by atoms with van der Waals surface area (Å²) in [7, 11) is 0. The lowest BCUT2D eigenvalue weighted by Crippen LogP contribution is -2.49. The molecule has 3 heterocycles. The van der Waals surface area contributed by atoms with Gasteiger partial charge in [-0.05, 0) is 70.6 Å². The third kappa shape index (κ3) is 5.44. The zero-order valence-electron chi connectivity index (χ0n) is 21.0. The van der Waals surface area contributed by atoms with E-state index < -0.39 is 6.04 Å². The minimum atomic E-state index is -0.658. The van der Waals surface area contributed by atoms with Crippen molar-refractivity contribution < 1.29 is 14.1 Å². The Hall–Kier alpha value is -3.49. The van der Waals surface area contributed by atoms with E-state index in [1.165, 1.54) is 0 Å². The molecule has 3 aromatic rings. The molecule has 35 heavy (non-hydrogen) atoms. The topological polar surface area (TPSA) is 115 Å². The summed E-state index contributed by atoms with van der Waals surface area (Å²) >= 11 is 0. The molecular formula is C26H34N6O3. The van der Waals surface area contributed by atoms with Gasteiger partial charge in [0.1, 0.15) is 23.3 Å². The van der Waals surface area contributed by atoms with Gasteiger partial charge in [0.2, 0.25) is 5.91 Å². The van der Waals surface area contributed by atoms with E-state index in [2.05, 4.69) is 32.8 Å². The third-order valence-corrected chi connectivity index (χ3v) is 6.83. The SMILES string of the molecule is Cc1noc(C)c1-c1ccc(NC(=O)C(NC(=O)c2ccnn2C(C)C)C2CCC(C)CC2)nc1. The molecular weight excluding hydrogens is 444 g/mol. The standard InChI is InChI=1S/C26H34N6O3/c1-15(2)32-21(12-13-28-32)25(33)30-24(19-8-6-16(3)7-9-19)26(34)29-22-11-10-20(14-27-22)23-17(4)31-35-18(23)5/h10-16,19,24H,6-9H2,1-5H3,(H,30,33)(H,27,29,34). The van der Waals surface area contributed by atoms with Gasteiger partial charge in [0, 0.05) is 29.6 Å². The van der Waals surface area contributed by atoms with Crippen molar-refractivity contribution in [3.05, 3.63) is 47.7 Å². The summed E-state index contributed by atoms with van der Waals surface area (Å²) in [5.74, 6) is 1.29. The average Bonchev–Trinajstić information content (AvgIpc) is 3.45. The van der Waals surface area contributed by atoms with Crippen molar-refractivity contribution in [1.29, 1.82) is 0 Å². The van der Waals surface area contributed by atoms with E-state index >= 15 is 0 Å². The second-order valence-corrected chi connectivity index (χ2v) is 9.85. The highest BCUT2D eigenvalue weighted by molar-refractivity contribution is 6.00. The molecule has 1 aliphatic rings. The van der Waals surface area contributed by atoms with Gasteiger partial charge in [-0.1, -0.05) is 24.9 Å². The molecule has 0 saturated heterocycles. The maximum absolute atomic E-state index is 13.4. The van der Waals surface area contributed by atoms with Gasteiger partial charge in [0.05, 0.1) is 5.69 Å². The molecule has 0 radical (unpaired) electrons. The number of carbonyl (C=O) groups is 2. The van der Waals surface area contributed by atoms with Crippen LogP contribution in [0.5, 0.6) is 0 Å². The van der Waals surface area contributed by atoms with Crippen LogP contribution in [-0.2, 0) is 4.79 Å². The van der Waals surface area contributed by atoms with E-state index in [1.807, 2.05) is 33.8 Å². The lowest BCUT2D eigenvalue weighted by molar-refractivity contribution is -0.119. The second-order valence-electron chi connectivity index (χ2n) is 9.85. The summed E-state index contributed by atoms with van der Waals surface area (Å²) in [6.45, 7) is 9.90. The van der Waals surface area contributed by atoms with Crippen LogP contribution in [0.4, 0.5) is 5.82 Å². The van der Waals surface area contributed by atoms with Crippen LogP contribution in [0.15, 0.2) is 35.1 Å². The Bertz CT molecular complexity index is 1150. The van der Waals surface area contributed by atoms with Crippen molar-refractivity contribution in [3.8, 4) is 11.1 Å². The molecule has 4 rings (SSSR count). The maximum atomic E-state index is 13.4. The van der Waals surface area contributed by atoms with Crippen LogP contribution in [-0.4, -0.2) is 37.8 Å². The molecule has 1 saturated carbocycles. The first-order chi connectivity index (χ1) is 16.7. The molecule has 186 valence electrons. The lowest BCUT2D eigenvalue weighted by atomic mass is 9.79. The summed E-state index contributed by atoms with van der Waals surface area (Å²) in [5, 5.41) is 14.2. The molecule has 1 aliphatic carbocycles. The van der Waals surface area contributed by atoms with Gasteiger partial charge in [-0.15, -0.1) is 0 Å². The van der Waals surface area contributed by atoms with Crippen molar-refractivity contribution in [1.82, 2.24) is 25.2 Å². The van der Waals surface area contributed by atoms with Crippen LogP contribution in [0.1, 0.15) is 74.4 Å². The summed E-state index contributed by atoms with van der Waals surface area (Å²) in [5.41, 5.74) is 3.01. The van der Waals surface area contributed by atoms with E-state index in [9.17, 15) is 9.59 Å². The van der Waals surface area contributed by atoms with Gasteiger partial charge in [-0.2, -0.15) is 5.10 Å². The number of pyridine rings is 1. The Kier molecular flexibility index (Phi) is 7.33. The van der Waals surface area contributed by atoms with Crippen LogP contribution < -0.4 is 10.6 Å². The number of anilines is 1. The van der Waals surface area contributed by atoms with Gasteiger partial charge >= 0.3 is 0 Å². The van der Waals surface area contributed by atoms with E-state index in [0.29, 0.717) is 17.4 Å². The maximum Gasteiger partial charge on any atom is 0.270 e. The largest absolute Gasteiger partial charge is 0.361 e. The number of amides is 2. The fraction of sp³-hybridized carbons (Fsp3) is 0.500. The number of hydrogen-bond donors (Lipinski definition) is 2. The van der Waals surface area contributed by atoms with Crippen molar-refractivity contribution in [2.45, 2.75) is 72.4 Å². The quantitative estimate of drug-likeness (QED) is 0.509. The minimum absolute atomic E-state index is 0.0361. The van der Waals surface area contributed by atoms with Crippen LogP contribution in [0.2, 0.25) is 0 Å². The minimum Gasteiger partial charge on any atom is -0.361 e. The summed E-state index contributed by atoms with van der Waals surface area (Å²) in [6.07, 6.45) is 7.16. The predicted octanol–water partition coefficient (Wildman–Crippen LogP) is 4.69. The first-order valence-corrected chi connectivity index (χ1v) is 12.3. The number of rotatable bonds is 7. The Balaban J connectivity index is 1.52. The van der Waals surface area contributed by atoms with Gasteiger partial charge in [-0.25, -0.2) is 4.98 Å². The fourth-order valence-electron chi connectivity index (χ4n) is 4.85. The number of nitrogens with one attached hydrogen (secondary N) is 2. The Morgan fingerprint density at radius 1 is 1.11 bits per heavy atom. The first kappa shape index (κ1) is 24.6. The second kappa shape index (κ2) is 10.4. The van der Waals surface area contributed by atoms with Crippen molar-refractivity contribution >= 4 is 17.6 Å². The van der Waals surface area contributed by atoms with Crippen LogP contribution in [0, 0.1) is 25.7 Å². The molecule has 0 spiro atoms. The molecule has 0 aliphatic heterocycles. The Morgan fingerprint density at radius 3 is 2.46 bits per heavy atom. The van der Waals surface area contributed by atoms with Crippen LogP contribution in [0.25, 0.3) is 11.1 Å². The molecule has 2 amide bonds. The highest BCUT2D eigenvalue weighted by Gasteiger charge is 2.33. The zero-order valence-corrected chi connectivity index (χ0v) is 21.0. The molecule has 1 atom stereocenters. The number of hydrogen-bond acceptors (Lipinski definition) is 6. The van der Waals surface area contributed by atoms with Gasteiger partial charge in [0.15, 0.2) is 0 Å². The number of nitrogens with zero attached hydrogens (tertiary/aromatic N) is 4. The van der Waals surface area contributed by atoms with E-state index in [4.69, 9.17) is 4.52 Å². The smallest absolute Gasteiger partial charge is 0.270 e. The monoisotopic (exact) mass is 478 g/mol. The summed E-state index contributed by atoms with van der Waals surface area (Å²) in [4.78, 5) is 31.0. The molecule has 1 unspecified atom stereocenters. The average molecular weight is 479 g/mol. The van der Waals surface area contributed by atoms with Crippen LogP contribution >= 0.6 is 0 Å². The fourth-order valence-corrected chi connectivity index (χ4v) is 4.85. The number of aryl methyl sites for hydroxylation is 2. The van der Waals surface area contributed by atoms with Crippen LogP contribution in [0.3, 0.4) is 0 Å². The van der Waals surface area contributed by atoms with E-state index in [0.717, 1.165) is 48.3 Å². The van der Waals surface area contributed by atoms with E-state index in [-0.39, 0.29) is 23.8 Å². The third-order valence-electron chi connectivity index (χ3n) is 6.83. The van der Waals surface area contributed by atoms with E-state index in [1.54, 1.807) is 29.2 Å². The summed E-state index contributed by atoms with van der Waals surface area (Å²) in [6, 6.07) is 4.70. The first-order valence-electron chi connectivity index (χ1n) is 12.3. The molecule has 3 aromatic heterocycles. The Morgan fingerprint density at radius 2 is 1.86 bits per heavy atom. The predicted molar refractivity (Wildman–Crippen MR) is 133 cm³/mol. The number of carbonyl (C=O) groups excluding carboxylic acids is 2. The highest BCUT2D eigenvalue weighted by Crippen LogP contribution is 2.31. The molecule has 0 aromatic carbocycles. The zero-order chi connectivity index (χ0) is 25.1. The molecule has 9 nitrogen and oxygen atoms in total. The summed E-state index contributed by atoms with van der Waals surface area (Å²) < 4.78 is 6.92. The van der Waals surface area contributed by atoms with Crippen molar-refractivity contribution in [2.75, 3.05) is 5.32 Å². The highest BCUT2D eigenvalue weighted by atomic mass is 16.5. The lowest BCUT2D eigenvalue weighted by Gasteiger charge is -2.32. The van der Waals surface area contributed by atoms with Crippen molar-refractivity contribution in [3.63, 3.8) is 0 Å². The molecule has 9 heteroatoms. The van der Waals surface area contributed by atoms with Gasteiger partial charge < -0.3 is 15.2 Å². The Labute approximate surface area is 205 Å².